The van der Waals surface area contributed by atoms with Crippen molar-refractivity contribution in [3.63, 3.8) is 0 Å². The van der Waals surface area contributed by atoms with Gasteiger partial charge in [-0.15, -0.1) is 0 Å². The Labute approximate surface area is 148 Å². The molecule has 6 heteroatoms. The van der Waals surface area contributed by atoms with Gasteiger partial charge >= 0.3 is 0 Å². The van der Waals surface area contributed by atoms with Crippen molar-refractivity contribution < 1.29 is 12.8 Å². The summed E-state index contributed by atoms with van der Waals surface area (Å²) >= 11 is 6.02. The number of hydrogen-bond acceptors (Lipinski definition) is 2. The van der Waals surface area contributed by atoms with Crippen LogP contribution in [0.2, 0.25) is 5.02 Å². The van der Waals surface area contributed by atoms with Crippen molar-refractivity contribution in [2.45, 2.75) is 39.1 Å². The molecule has 2 aromatic carbocycles. The van der Waals surface area contributed by atoms with Crippen LogP contribution < -0.4 is 0 Å². The second-order valence-corrected chi connectivity index (χ2v) is 8.44. The molecule has 3 nitrogen and oxygen atoms in total. The largest absolute Gasteiger partial charge is 0.243 e. The van der Waals surface area contributed by atoms with E-state index in [9.17, 15) is 12.8 Å². The molecule has 0 saturated carbocycles. The Hall–Kier alpha value is -1.43. The van der Waals surface area contributed by atoms with Gasteiger partial charge in [0, 0.05) is 24.2 Å². The van der Waals surface area contributed by atoms with Crippen LogP contribution in [0.5, 0.6) is 0 Å². The lowest BCUT2D eigenvalue weighted by atomic mass is 10.0. The molecular formula is C18H21ClFNO2S. The fourth-order valence-corrected chi connectivity index (χ4v) is 4.64. The number of aryl methyl sites for hydroxylation is 2. The van der Waals surface area contributed by atoms with Crippen molar-refractivity contribution in [3.8, 4) is 0 Å². The highest BCUT2D eigenvalue weighted by Gasteiger charge is 2.27. The third-order valence-electron chi connectivity index (χ3n) is 4.41. The van der Waals surface area contributed by atoms with E-state index >= 15 is 0 Å². The maximum Gasteiger partial charge on any atom is 0.243 e. The number of benzene rings is 2. The van der Waals surface area contributed by atoms with Gasteiger partial charge < -0.3 is 0 Å². The molecule has 0 fully saturated rings. The predicted octanol–water partition coefficient (Wildman–Crippen LogP) is 4.53. The Morgan fingerprint density at radius 3 is 2.12 bits per heavy atom. The van der Waals surface area contributed by atoms with Gasteiger partial charge in [0.2, 0.25) is 10.0 Å². The first-order valence-electron chi connectivity index (χ1n) is 7.54. The molecule has 0 unspecified atom stereocenters. The molecule has 0 saturated heterocycles. The molecule has 2 rings (SSSR count). The third-order valence-corrected chi connectivity index (χ3v) is 6.84. The Kier molecular flexibility index (Phi) is 5.37. The van der Waals surface area contributed by atoms with E-state index < -0.39 is 15.8 Å². The summed E-state index contributed by atoms with van der Waals surface area (Å²) in [4.78, 5) is 0.287. The summed E-state index contributed by atoms with van der Waals surface area (Å²) in [6, 6.07) is 6.29. The van der Waals surface area contributed by atoms with E-state index in [4.69, 9.17) is 11.6 Å². The SMILES string of the molecule is Cc1cc(C)c(C)c(S(=O)(=O)N(C)Cc2c(F)cccc2Cl)c1C. The van der Waals surface area contributed by atoms with Crippen molar-refractivity contribution in [2.24, 2.45) is 0 Å². The fourth-order valence-electron chi connectivity index (χ4n) is 2.71. The summed E-state index contributed by atoms with van der Waals surface area (Å²) < 4.78 is 41.3. The van der Waals surface area contributed by atoms with Crippen molar-refractivity contribution in [3.05, 3.63) is 62.9 Å². The average Bonchev–Trinajstić information content (AvgIpc) is 2.49. The lowest BCUT2D eigenvalue weighted by molar-refractivity contribution is 0.455. The highest BCUT2D eigenvalue weighted by Crippen LogP contribution is 2.30. The van der Waals surface area contributed by atoms with Gasteiger partial charge in [-0.2, -0.15) is 4.31 Å². The van der Waals surface area contributed by atoms with Crippen LogP contribution in [0.25, 0.3) is 0 Å². The lowest BCUT2D eigenvalue weighted by Crippen LogP contribution is -2.28. The number of hydrogen-bond donors (Lipinski definition) is 0. The molecule has 2 aromatic rings. The molecule has 0 aromatic heterocycles. The first-order valence-corrected chi connectivity index (χ1v) is 9.35. The summed E-state index contributed by atoms with van der Waals surface area (Å²) in [7, 11) is -2.33. The minimum atomic E-state index is -3.77. The third kappa shape index (κ3) is 3.34. The van der Waals surface area contributed by atoms with Gasteiger partial charge in [-0.05, 0) is 62.1 Å². The van der Waals surface area contributed by atoms with Crippen molar-refractivity contribution in [1.29, 1.82) is 0 Å². The first kappa shape index (κ1) is 18.9. The summed E-state index contributed by atoms with van der Waals surface area (Å²) in [6.45, 7) is 7.22. The zero-order valence-corrected chi connectivity index (χ0v) is 16.0. The minimum Gasteiger partial charge on any atom is -0.207 e. The molecule has 0 spiro atoms. The number of nitrogens with zero attached hydrogens (tertiary/aromatic N) is 1. The zero-order valence-electron chi connectivity index (χ0n) is 14.4. The minimum absolute atomic E-state index is 0.125. The Morgan fingerprint density at radius 2 is 1.62 bits per heavy atom. The highest BCUT2D eigenvalue weighted by atomic mass is 35.5. The van der Waals surface area contributed by atoms with Gasteiger partial charge in [0.15, 0.2) is 0 Å². The van der Waals surface area contributed by atoms with Crippen LogP contribution in [0.1, 0.15) is 27.8 Å². The molecular weight excluding hydrogens is 349 g/mol. The fraction of sp³-hybridized carbons (Fsp3) is 0.333. The summed E-state index contributed by atoms with van der Waals surface area (Å²) in [5, 5.41) is 0.214. The number of halogens is 2. The van der Waals surface area contributed by atoms with Gasteiger partial charge in [-0.3, -0.25) is 0 Å². The molecule has 0 atom stereocenters. The van der Waals surface area contributed by atoms with Crippen molar-refractivity contribution >= 4 is 21.6 Å². The van der Waals surface area contributed by atoms with E-state index in [-0.39, 0.29) is 22.0 Å². The smallest absolute Gasteiger partial charge is 0.207 e. The molecule has 24 heavy (non-hydrogen) atoms. The topological polar surface area (TPSA) is 37.4 Å². The van der Waals surface area contributed by atoms with E-state index in [0.717, 1.165) is 15.4 Å². The zero-order chi connectivity index (χ0) is 18.2. The van der Waals surface area contributed by atoms with Crippen LogP contribution in [0, 0.1) is 33.5 Å². The Bertz CT molecular complexity index is 848. The van der Waals surface area contributed by atoms with Gasteiger partial charge in [0.05, 0.1) is 4.90 Å². The molecule has 0 aliphatic rings. The Morgan fingerprint density at radius 1 is 1.08 bits per heavy atom. The standard InChI is InChI=1S/C18H21ClFNO2S/c1-11-9-12(2)14(4)18(13(11)3)24(22,23)21(5)10-15-16(19)7-6-8-17(15)20/h6-9H,10H2,1-5H3. The van der Waals surface area contributed by atoms with Gasteiger partial charge in [-0.25, -0.2) is 12.8 Å². The van der Waals surface area contributed by atoms with Gasteiger partial charge in [-0.1, -0.05) is 23.7 Å². The summed E-state index contributed by atoms with van der Waals surface area (Å²) in [5.74, 6) is -0.515. The maximum absolute atomic E-state index is 14.0. The molecule has 0 heterocycles. The molecule has 0 radical (unpaired) electrons. The van der Waals surface area contributed by atoms with Crippen LogP contribution in [0.4, 0.5) is 4.39 Å². The molecule has 130 valence electrons. The van der Waals surface area contributed by atoms with E-state index in [2.05, 4.69) is 0 Å². The second kappa shape index (κ2) is 6.82. The van der Waals surface area contributed by atoms with E-state index in [1.165, 1.54) is 19.2 Å². The van der Waals surface area contributed by atoms with E-state index in [1.807, 2.05) is 19.9 Å². The van der Waals surface area contributed by atoms with Crippen molar-refractivity contribution in [2.75, 3.05) is 7.05 Å². The van der Waals surface area contributed by atoms with Crippen LogP contribution in [0.15, 0.2) is 29.2 Å². The molecule has 0 aliphatic carbocycles. The van der Waals surface area contributed by atoms with Crippen LogP contribution >= 0.6 is 11.6 Å². The molecule has 0 amide bonds. The molecule has 0 aliphatic heterocycles. The second-order valence-electron chi connectivity index (χ2n) is 6.05. The van der Waals surface area contributed by atoms with Crippen molar-refractivity contribution in [1.82, 2.24) is 4.31 Å². The molecule has 0 N–H and O–H groups in total. The number of sulfonamides is 1. The lowest BCUT2D eigenvalue weighted by Gasteiger charge is -2.22. The van der Waals surface area contributed by atoms with Crippen LogP contribution in [-0.4, -0.2) is 19.8 Å². The number of rotatable bonds is 4. The normalized spacial score (nSPS) is 12.0. The Balaban J connectivity index is 2.52. The van der Waals surface area contributed by atoms with E-state index in [1.54, 1.807) is 19.9 Å². The van der Waals surface area contributed by atoms with E-state index in [0.29, 0.717) is 11.1 Å². The van der Waals surface area contributed by atoms with Crippen LogP contribution in [-0.2, 0) is 16.6 Å². The first-order chi connectivity index (χ1) is 11.1. The monoisotopic (exact) mass is 369 g/mol. The highest BCUT2D eigenvalue weighted by molar-refractivity contribution is 7.89. The molecule has 0 bridgehead atoms. The quantitative estimate of drug-likeness (QED) is 0.793. The maximum atomic E-state index is 14.0. The summed E-state index contributed by atoms with van der Waals surface area (Å²) in [6.07, 6.45) is 0. The predicted molar refractivity (Wildman–Crippen MR) is 95.5 cm³/mol. The van der Waals surface area contributed by atoms with Crippen LogP contribution in [0.3, 0.4) is 0 Å². The average molecular weight is 370 g/mol. The summed E-state index contributed by atoms with van der Waals surface area (Å²) in [5.41, 5.74) is 3.42. The van der Waals surface area contributed by atoms with Gasteiger partial charge in [0.25, 0.3) is 0 Å². The van der Waals surface area contributed by atoms with Gasteiger partial charge in [0.1, 0.15) is 5.82 Å².